The van der Waals surface area contributed by atoms with Crippen molar-refractivity contribution in [3.8, 4) is 11.5 Å². The van der Waals surface area contributed by atoms with Crippen LogP contribution in [-0.2, 0) is 15.7 Å². The van der Waals surface area contributed by atoms with Gasteiger partial charge < -0.3 is 24.7 Å². The number of hydrogen-bond donors (Lipinski definition) is 1. The summed E-state index contributed by atoms with van der Waals surface area (Å²) in [5.41, 5.74) is -1.39. The van der Waals surface area contributed by atoms with Crippen LogP contribution >= 0.6 is 11.6 Å². The fraction of sp³-hybridized carbons (Fsp3) is 0.235. The number of carboxylic acid groups (broad SMARTS) is 1. The number of rotatable bonds is 8. The fourth-order valence-electron chi connectivity index (χ4n) is 2.19. The number of ether oxygens (including phenoxy) is 2. The molecule has 13 heteroatoms. The molecule has 30 heavy (non-hydrogen) atoms. The Bertz CT molecular complexity index is 929. The maximum absolute atomic E-state index is 12.7. The van der Waals surface area contributed by atoms with Gasteiger partial charge in [0.15, 0.2) is 0 Å². The number of nitro groups is 1. The van der Waals surface area contributed by atoms with Gasteiger partial charge in [0.25, 0.3) is 5.69 Å². The number of carbonyl (C=O) groups is 1. The Morgan fingerprint density at radius 1 is 1.27 bits per heavy atom. The standard InChI is InChI=1S/C17H14ClF3N2O6.Na/c1-9(28-8-16(24)25)22-13-7-11(3-4-14(13)23(26)27)29-15-5-2-10(6-12(15)18)17(19,20)21;/h2-7,9,22H,8H2,1H3,(H,24,25);/q;+1/p-1. The largest absolute Gasteiger partial charge is 1.00 e. The number of aliphatic carboxylic acids is 1. The van der Waals surface area contributed by atoms with Gasteiger partial charge in [0, 0.05) is 12.1 Å². The van der Waals surface area contributed by atoms with E-state index in [1.807, 2.05) is 0 Å². The number of carboxylic acids is 1. The molecule has 0 aromatic heterocycles. The minimum atomic E-state index is -4.58. The Kier molecular flexibility index (Phi) is 9.37. The van der Waals surface area contributed by atoms with E-state index in [-0.39, 0.29) is 57.5 Å². The summed E-state index contributed by atoms with van der Waals surface area (Å²) in [7, 11) is 0. The first-order valence-corrected chi connectivity index (χ1v) is 8.26. The molecule has 2 aromatic carbocycles. The molecule has 0 saturated carbocycles. The van der Waals surface area contributed by atoms with Crippen LogP contribution in [0.5, 0.6) is 11.5 Å². The molecule has 0 aliphatic carbocycles. The summed E-state index contributed by atoms with van der Waals surface area (Å²) < 4.78 is 48.5. The molecule has 0 aliphatic rings. The summed E-state index contributed by atoms with van der Waals surface area (Å²) >= 11 is 5.83. The molecule has 1 atom stereocenters. The minimum Gasteiger partial charge on any atom is -0.548 e. The average Bonchev–Trinajstić information content (AvgIpc) is 2.60. The number of alkyl halides is 3. The van der Waals surface area contributed by atoms with Crippen LogP contribution in [0, 0.1) is 10.1 Å². The molecule has 0 heterocycles. The van der Waals surface area contributed by atoms with Gasteiger partial charge in [-0.15, -0.1) is 0 Å². The van der Waals surface area contributed by atoms with Crippen LogP contribution in [0.15, 0.2) is 36.4 Å². The van der Waals surface area contributed by atoms with E-state index in [4.69, 9.17) is 21.1 Å². The van der Waals surface area contributed by atoms with Crippen LogP contribution < -0.4 is 44.7 Å². The van der Waals surface area contributed by atoms with E-state index in [1.54, 1.807) is 0 Å². The molecule has 0 amide bonds. The maximum Gasteiger partial charge on any atom is 1.00 e. The molecule has 0 bridgehead atoms. The van der Waals surface area contributed by atoms with Gasteiger partial charge in [-0.2, -0.15) is 13.2 Å². The number of nitro benzene ring substituents is 1. The van der Waals surface area contributed by atoms with E-state index in [9.17, 15) is 33.2 Å². The van der Waals surface area contributed by atoms with Crippen molar-refractivity contribution in [3.63, 3.8) is 0 Å². The van der Waals surface area contributed by atoms with Crippen LogP contribution in [0.25, 0.3) is 0 Å². The molecule has 0 spiro atoms. The van der Waals surface area contributed by atoms with E-state index >= 15 is 0 Å². The Morgan fingerprint density at radius 2 is 1.93 bits per heavy atom. The summed E-state index contributed by atoms with van der Waals surface area (Å²) in [4.78, 5) is 20.9. The number of nitrogens with zero attached hydrogens (tertiary/aromatic N) is 1. The normalized spacial score (nSPS) is 11.9. The minimum absolute atomic E-state index is 0. The summed E-state index contributed by atoms with van der Waals surface area (Å²) in [5.74, 6) is -1.53. The summed E-state index contributed by atoms with van der Waals surface area (Å²) in [5, 5.41) is 23.9. The predicted molar refractivity (Wildman–Crippen MR) is 93.7 cm³/mol. The van der Waals surface area contributed by atoms with Gasteiger partial charge in [0.2, 0.25) is 0 Å². The number of benzene rings is 2. The molecule has 1 unspecified atom stereocenters. The Labute approximate surface area is 195 Å². The van der Waals surface area contributed by atoms with Crippen molar-refractivity contribution in [1.82, 2.24) is 0 Å². The Balaban J connectivity index is 0.00000450. The number of carbonyl (C=O) groups excluding carboxylic acids is 1. The molecule has 8 nitrogen and oxygen atoms in total. The second-order valence-electron chi connectivity index (χ2n) is 5.65. The predicted octanol–water partition coefficient (Wildman–Crippen LogP) is 0.588. The van der Waals surface area contributed by atoms with Gasteiger partial charge in [-0.3, -0.25) is 10.1 Å². The molecule has 2 aromatic rings. The molecular weight excluding hydrogens is 444 g/mol. The second kappa shape index (κ2) is 10.8. The second-order valence-corrected chi connectivity index (χ2v) is 6.06. The van der Waals surface area contributed by atoms with E-state index < -0.39 is 35.5 Å². The fourth-order valence-corrected chi connectivity index (χ4v) is 2.41. The summed E-state index contributed by atoms with van der Waals surface area (Å²) in [6, 6.07) is 6.01. The zero-order chi connectivity index (χ0) is 21.8. The van der Waals surface area contributed by atoms with Gasteiger partial charge in [-0.25, -0.2) is 0 Å². The third kappa shape index (κ3) is 7.33. The zero-order valence-corrected chi connectivity index (χ0v) is 18.4. The topological polar surface area (TPSA) is 114 Å². The molecule has 0 aliphatic heterocycles. The van der Waals surface area contributed by atoms with Crippen molar-refractivity contribution in [2.45, 2.75) is 19.3 Å². The van der Waals surface area contributed by atoms with E-state index in [1.165, 1.54) is 19.1 Å². The molecule has 0 saturated heterocycles. The van der Waals surface area contributed by atoms with Crippen LogP contribution in [0.2, 0.25) is 5.02 Å². The third-order valence-corrected chi connectivity index (χ3v) is 3.76. The zero-order valence-electron chi connectivity index (χ0n) is 15.7. The van der Waals surface area contributed by atoms with Crippen LogP contribution in [0.3, 0.4) is 0 Å². The molecule has 156 valence electrons. The van der Waals surface area contributed by atoms with Gasteiger partial charge in [-0.1, -0.05) is 11.6 Å². The van der Waals surface area contributed by atoms with Crippen molar-refractivity contribution in [3.05, 3.63) is 57.1 Å². The van der Waals surface area contributed by atoms with Gasteiger partial charge in [0.1, 0.15) is 23.4 Å². The van der Waals surface area contributed by atoms with Crippen LogP contribution in [0.1, 0.15) is 12.5 Å². The number of nitrogens with one attached hydrogen (secondary N) is 1. The Hall–Kier alpha value is -2.05. The first-order valence-electron chi connectivity index (χ1n) is 7.88. The number of hydrogen-bond acceptors (Lipinski definition) is 7. The van der Waals surface area contributed by atoms with Crippen molar-refractivity contribution in [2.75, 3.05) is 11.9 Å². The monoisotopic (exact) mass is 456 g/mol. The molecular formula is C17H13ClF3N2NaO6. The number of halogens is 4. The molecule has 0 fully saturated rings. The van der Waals surface area contributed by atoms with E-state index in [0.29, 0.717) is 6.07 Å². The summed E-state index contributed by atoms with van der Waals surface area (Å²) in [6.07, 6.45) is -5.51. The van der Waals surface area contributed by atoms with Crippen LogP contribution in [0.4, 0.5) is 24.5 Å². The SMILES string of the molecule is CC(Nc1cc(Oc2ccc(C(F)(F)F)cc2Cl)ccc1[N+](=O)[O-])OCC(=O)[O-].[Na+]. The van der Waals surface area contributed by atoms with Crippen LogP contribution in [-0.4, -0.2) is 23.7 Å². The number of anilines is 1. The average molecular weight is 457 g/mol. The van der Waals surface area contributed by atoms with Gasteiger partial charge in [0.05, 0.1) is 28.1 Å². The molecule has 1 N–H and O–H groups in total. The summed E-state index contributed by atoms with van der Waals surface area (Å²) in [6.45, 7) is 0.673. The van der Waals surface area contributed by atoms with Crippen molar-refractivity contribution >= 4 is 28.9 Å². The maximum atomic E-state index is 12.7. The molecule has 2 rings (SSSR count). The van der Waals surface area contributed by atoms with Crippen molar-refractivity contribution in [2.24, 2.45) is 0 Å². The third-order valence-electron chi connectivity index (χ3n) is 3.46. The van der Waals surface area contributed by atoms with Gasteiger partial charge in [-0.05, 0) is 31.2 Å². The Morgan fingerprint density at radius 3 is 2.47 bits per heavy atom. The van der Waals surface area contributed by atoms with E-state index in [0.717, 1.165) is 18.2 Å². The van der Waals surface area contributed by atoms with Gasteiger partial charge >= 0.3 is 35.7 Å². The van der Waals surface area contributed by atoms with Crippen molar-refractivity contribution < 1.29 is 67.0 Å². The van der Waals surface area contributed by atoms with E-state index in [2.05, 4.69) is 5.32 Å². The smallest absolute Gasteiger partial charge is 0.548 e. The quantitative estimate of drug-likeness (QED) is 0.267. The molecule has 0 radical (unpaired) electrons. The van der Waals surface area contributed by atoms with Crippen molar-refractivity contribution in [1.29, 1.82) is 0 Å². The first kappa shape index (κ1) is 26.0. The first-order chi connectivity index (χ1) is 13.5.